The van der Waals surface area contributed by atoms with Crippen LogP contribution in [0.5, 0.6) is 0 Å². The van der Waals surface area contributed by atoms with Gasteiger partial charge in [-0.3, -0.25) is 4.68 Å². The van der Waals surface area contributed by atoms with Gasteiger partial charge in [-0.1, -0.05) is 6.92 Å². The van der Waals surface area contributed by atoms with E-state index in [9.17, 15) is 4.79 Å². The molecule has 0 radical (unpaired) electrons. The SMILES string of the molecule is CCc1nn(C)cc1Cn1c(C)cc(C(=O)O)c1C. The van der Waals surface area contributed by atoms with Gasteiger partial charge in [0, 0.05) is 30.2 Å². The van der Waals surface area contributed by atoms with E-state index in [0.717, 1.165) is 29.1 Å². The molecule has 0 amide bonds. The van der Waals surface area contributed by atoms with Crippen LogP contribution in [0.3, 0.4) is 0 Å². The fraction of sp³-hybridized carbons (Fsp3) is 0.429. The molecule has 0 aliphatic rings. The largest absolute Gasteiger partial charge is 0.478 e. The molecule has 102 valence electrons. The first-order chi connectivity index (χ1) is 8.93. The maximum absolute atomic E-state index is 11.1. The molecular weight excluding hydrogens is 242 g/mol. The second-order valence-electron chi connectivity index (χ2n) is 4.80. The van der Waals surface area contributed by atoms with E-state index in [-0.39, 0.29) is 0 Å². The molecule has 0 unspecified atom stereocenters. The second-order valence-corrected chi connectivity index (χ2v) is 4.80. The average Bonchev–Trinajstić information content (AvgIpc) is 2.83. The van der Waals surface area contributed by atoms with Crippen LogP contribution >= 0.6 is 0 Å². The smallest absolute Gasteiger partial charge is 0.337 e. The van der Waals surface area contributed by atoms with E-state index in [1.807, 2.05) is 31.7 Å². The van der Waals surface area contributed by atoms with Gasteiger partial charge in [0.15, 0.2) is 0 Å². The molecule has 0 aromatic carbocycles. The molecule has 0 aliphatic heterocycles. The van der Waals surface area contributed by atoms with Crippen molar-refractivity contribution in [2.75, 3.05) is 0 Å². The number of hydrogen-bond donors (Lipinski definition) is 1. The standard InChI is InChI=1S/C14H19N3O2/c1-5-13-11(7-16(4)15-13)8-17-9(2)6-12(10(17)3)14(18)19/h6-7H,5,8H2,1-4H3,(H,18,19). The summed E-state index contributed by atoms with van der Waals surface area (Å²) in [5.41, 5.74) is 4.33. The van der Waals surface area contributed by atoms with E-state index in [4.69, 9.17) is 5.11 Å². The van der Waals surface area contributed by atoms with Gasteiger partial charge in [0.25, 0.3) is 0 Å². The van der Waals surface area contributed by atoms with E-state index in [0.29, 0.717) is 12.1 Å². The van der Waals surface area contributed by atoms with Crippen LogP contribution < -0.4 is 0 Å². The summed E-state index contributed by atoms with van der Waals surface area (Å²) < 4.78 is 3.83. The van der Waals surface area contributed by atoms with Gasteiger partial charge in [0.2, 0.25) is 0 Å². The third-order valence-electron chi connectivity index (χ3n) is 3.46. The molecule has 0 spiro atoms. The normalized spacial score (nSPS) is 10.9. The van der Waals surface area contributed by atoms with Crippen LogP contribution in [0.4, 0.5) is 0 Å². The van der Waals surface area contributed by atoms with Crippen molar-refractivity contribution in [2.24, 2.45) is 7.05 Å². The number of aromatic nitrogens is 3. The summed E-state index contributed by atoms with van der Waals surface area (Å²) in [7, 11) is 1.90. The van der Waals surface area contributed by atoms with Gasteiger partial charge in [0.05, 0.1) is 17.8 Å². The summed E-state index contributed by atoms with van der Waals surface area (Å²) in [6.45, 7) is 6.52. The zero-order valence-electron chi connectivity index (χ0n) is 11.8. The molecule has 2 aromatic heterocycles. The summed E-state index contributed by atoms with van der Waals surface area (Å²) in [6.07, 6.45) is 2.87. The topological polar surface area (TPSA) is 60.0 Å². The summed E-state index contributed by atoms with van der Waals surface area (Å²) in [6, 6.07) is 1.72. The molecule has 2 rings (SSSR count). The minimum atomic E-state index is -0.874. The Morgan fingerprint density at radius 3 is 2.63 bits per heavy atom. The first-order valence-corrected chi connectivity index (χ1v) is 6.35. The third kappa shape index (κ3) is 2.41. The Hall–Kier alpha value is -2.04. The van der Waals surface area contributed by atoms with Crippen molar-refractivity contribution in [3.05, 3.63) is 40.5 Å². The van der Waals surface area contributed by atoms with E-state index in [1.165, 1.54) is 0 Å². The Morgan fingerprint density at radius 1 is 1.42 bits per heavy atom. The van der Waals surface area contributed by atoms with Gasteiger partial charge in [-0.2, -0.15) is 5.10 Å². The van der Waals surface area contributed by atoms with E-state index in [1.54, 1.807) is 10.7 Å². The average molecular weight is 261 g/mol. The number of carboxylic acid groups (broad SMARTS) is 1. The van der Waals surface area contributed by atoms with Crippen molar-refractivity contribution >= 4 is 5.97 Å². The van der Waals surface area contributed by atoms with Gasteiger partial charge >= 0.3 is 5.97 Å². The summed E-state index contributed by atoms with van der Waals surface area (Å²) in [5, 5.41) is 13.6. The van der Waals surface area contributed by atoms with Gasteiger partial charge in [-0.25, -0.2) is 4.79 Å². The van der Waals surface area contributed by atoms with Crippen LogP contribution in [0, 0.1) is 13.8 Å². The number of rotatable bonds is 4. The number of carbonyl (C=O) groups is 1. The molecule has 0 fully saturated rings. The number of aromatic carboxylic acids is 1. The van der Waals surface area contributed by atoms with Crippen molar-refractivity contribution in [1.82, 2.24) is 14.3 Å². The van der Waals surface area contributed by atoms with Crippen LogP contribution in [0.25, 0.3) is 0 Å². The molecule has 0 bridgehead atoms. The highest BCUT2D eigenvalue weighted by atomic mass is 16.4. The lowest BCUT2D eigenvalue weighted by Gasteiger charge is -2.09. The van der Waals surface area contributed by atoms with Crippen LogP contribution in [0.15, 0.2) is 12.3 Å². The molecule has 0 saturated carbocycles. The van der Waals surface area contributed by atoms with Crippen LogP contribution in [-0.4, -0.2) is 25.4 Å². The minimum Gasteiger partial charge on any atom is -0.478 e. The van der Waals surface area contributed by atoms with E-state index >= 15 is 0 Å². The quantitative estimate of drug-likeness (QED) is 0.917. The molecule has 5 nitrogen and oxygen atoms in total. The zero-order valence-corrected chi connectivity index (χ0v) is 11.8. The fourth-order valence-electron chi connectivity index (χ4n) is 2.44. The Bertz CT molecular complexity index is 623. The van der Waals surface area contributed by atoms with Crippen LogP contribution in [0.1, 0.15) is 39.9 Å². The van der Waals surface area contributed by atoms with Gasteiger partial charge in [-0.05, 0) is 26.3 Å². The van der Waals surface area contributed by atoms with Crippen molar-refractivity contribution in [3.63, 3.8) is 0 Å². The maximum Gasteiger partial charge on any atom is 0.337 e. The molecule has 0 aliphatic carbocycles. The lowest BCUT2D eigenvalue weighted by atomic mass is 10.2. The number of hydrogen-bond acceptors (Lipinski definition) is 2. The van der Waals surface area contributed by atoms with Crippen LogP contribution in [0.2, 0.25) is 0 Å². The highest BCUT2D eigenvalue weighted by molar-refractivity contribution is 5.89. The number of aryl methyl sites for hydroxylation is 3. The highest BCUT2D eigenvalue weighted by Gasteiger charge is 2.16. The Kier molecular flexibility index (Phi) is 3.46. The lowest BCUT2D eigenvalue weighted by molar-refractivity contribution is 0.0696. The molecular formula is C14H19N3O2. The molecule has 2 aromatic rings. The Balaban J connectivity index is 2.41. The van der Waals surface area contributed by atoms with Crippen molar-refractivity contribution in [3.8, 4) is 0 Å². The predicted octanol–water partition coefficient (Wildman–Crippen LogP) is 2.15. The third-order valence-corrected chi connectivity index (χ3v) is 3.46. The van der Waals surface area contributed by atoms with E-state index in [2.05, 4.69) is 12.0 Å². The molecule has 5 heteroatoms. The summed E-state index contributed by atoms with van der Waals surface area (Å²) in [5.74, 6) is -0.874. The monoisotopic (exact) mass is 261 g/mol. The summed E-state index contributed by atoms with van der Waals surface area (Å²) >= 11 is 0. The molecule has 0 atom stereocenters. The highest BCUT2D eigenvalue weighted by Crippen LogP contribution is 2.18. The number of nitrogens with zero attached hydrogens (tertiary/aromatic N) is 3. The summed E-state index contributed by atoms with van der Waals surface area (Å²) in [4.78, 5) is 11.1. The second kappa shape index (κ2) is 4.91. The first-order valence-electron chi connectivity index (χ1n) is 6.35. The molecule has 0 saturated heterocycles. The van der Waals surface area contributed by atoms with Gasteiger partial charge in [-0.15, -0.1) is 0 Å². The molecule has 19 heavy (non-hydrogen) atoms. The Morgan fingerprint density at radius 2 is 2.11 bits per heavy atom. The van der Waals surface area contributed by atoms with Crippen molar-refractivity contribution in [1.29, 1.82) is 0 Å². The van der Waals surface area contributed by atoms with Gasteiger partial charge < -0.3 is 9.67 Å². The van der Waals surface area contributed by atoms with Crippen molar-refractivity contribution in [2.45, 2.75) is 33.7 Å². The molecule has 1 N–H and O–H groups in total. The Labute approximate surface area is 112 Å². The first kappa shape index (κ1) is 13.4. The predicted molar refractivity (Wildman–Crippen MR) is 72.6 cm³/mol. The molecule has 2 heterocycles. The zero-order chi connectivity index (χ0) is 14.2. The lowest BCUT2D eigenvalue weighted by Crippen LogP contribution is -2.06. The van der Waals surface area contributed by atoms with Gasteiger partial charge in [0.1, 0.15) is 0 Å². The van der Waals surface area contributed by atoms with E-state index < -0.39 is 5.97 Å². The fourth-order valence-corrected chi connectivity index (χ4v) is 2.44. The maximum atomic E-state index is 11.1. The van der Waals surface area contributed by atoms with Crippen LogP contribution in [-0.2, 0) is 20.0 Å². The number of carboxylic acids is 1. The van der Waals surface area contributed by atoms with Crippen molar-refractivity contribution < 1.29 is 9.90 Å². The minimum absolute atomic E-state index is 0.374.